The topological polar surface area (TPSA) is 84.1 Å². The van der Waals surface area contributed by atoms with Crippen molar-refractivity contribution in [2.45, 2.75) is 4.90 Å². The zero-order valence-corrected chi connectivity index (χ0v) is 11.4. The highest BCUT2D eigenvalue weighted by Crippen LogP contribution is 2.19. The van der Waals surface area contributed by atoms with Gasteiger partial charge in [0.2, 0.25) is 9.84 Å². The van der Waals surface area contributed by atoms with Crippen LogP contribution in [-0.4, -0.2) is 24.8 Å². The van der Waals surface area contributed by atoms with Crippen molar-refractivity contribution < 1.29 is 8.42 Å². The van der Waals surface area contributed by atoms with Gasteiger partial charge in [0.05, 0.1) is 11.1 Å². The molecular weight excluding hydrogens is 288 g/mol. The Kier molecular flexibility index (Phi) is 2.40. The minimum atomic E-state index is -3.72. The third-order valence-electron chi connectivity index (χ3n) is 3.20. The van der Waals surface area contributed by atoms with Crippen LogP contribution >= 0.6 is 0 Å². The van der Waals surface area contributed by atoms with Crippen molar-refractivity contribution in [1.82, 2.24) is 4.98 Å². The normalized spacial score (nSPS) is 15.0. The maximum absolute atomic E-state index is 12.5. The number of amidine groups is 1. The molecule has 0 fully saturated rings. The first kappa shape index (κ1) is 12.1. The third kappa shape index (κ3) is 1.74. The Labute approximate surface area is 119 Å². The van der Waals surface area contributed by atoms with E-state index in [0.29, 0.717) is 22.1 Å². The molecule has 2 aliphatic rings. The van der Waals surface area contributed by atoms with Crippen LogP contribution in [0.4, 0.5) is 11.5 Å². The Morgan fingerprint density at radius 2 is 1.81 bits per heavy atom. The molecule has 0 aliphatic carbocycles. The third-order valence-corrected chi connectivity index (χ3v) is 4.76. The van der Waals surface area contributed by atoms with Gasteiger partial charge in [0.1, 0.15) is 11.0 Å². The van der Waals surface area contributed by atoms with E-state index in [1.807, 2.05) is 0 Å². The number of nitrogens with zero attached hydrogens (tertiary/aromatic N) is 4. The van der Waals surface area contributed by atoms with Crippen LogP contribution in [0.15, 0.2) is 56.4 Å². The lowest BCUT2D eigenvalue weighted by atomic mass is 10.3. The van der Waals surface area contributed by atoms with Crippen molar-refractivity contribution in [3.05, 3.63) is 47.1 Å². The van der Waals surface area contributed by atoms with Gasteiger partial charge in [-0.3, -0.25) is 0 Å². The van der Waals surface area contributed by atoms with E-state index in [1.165, 1.54) is 18.3 Å². The molecule has 0 amide bonds. The van der Waals surface area contributed by atoms with Crippen molar-refractivity contribution in [2.75, 3.05) is 0 Å². The van der Waals surface area contributed by atoms with Gasteiger partial charge in [-0.2, -0.15) is 0 Å². The van der Waals surface area contributed by atoms with Crippen LogP contribution < -0.4 is 10.6 Å². The van der Waals surface area contributed by atoms with Crippen molar-refractivity contribution in [3.8, 4) is 0 Å². The molecule has 0 bridgehead atoms. The first-order chi connectivity index (χ1) is 10.2. The zero-order chi connectivity index (χ0) is 14.4. The number of benzene rings is 1. The summed E-state index contributed by atoms with van der Waals surface area (Å²) in [7, 11) is -3.72. The van der Waals surface area contributed by atoms with E-state index in [4.69, 9.17) is 0 Å². The van der Waals surface area contributed by atoms with E-state index >= 15 is 0 Å². The number of pyridine rings is 1. The molecule has 102 valence electrons. The van der Waals surface area contributed by atoms with Crippen LogP contribution in [0.2, 0.25) is 0 Å². The Morgan fingerprint density at radius 3 is 2.62 bits per heavy atom. The lowest BCUT2D eigenvalue weighted by Gasteiger charge is -2.00. The largest absolute Gasteiger partial charge is 0.253 e. The van der Waals surface area contributed by atoms with Crippen molar-refractivity contribution >= 4 is 38.8 Å². The Bertz CT molecular complexity index is 1040. The summed E-state index contributed by atoms with van der Waals surface area (Å²) in [5, 5.41) is 1.00. The molecule has 0 spiro atoms. The van der Waals surface area contributed by atoms with E-state index in [1.54, 1.807) is 30.5 Å². The van der Waals surface area contributed by atoms with Crippen LogP contribution in [0.5, 0.6) is 0 Å². The smallest absolute Gasteiger partial charge is 0.237 e. The van der Waals surface area contributed by atoms with Gasteiger partial charge in [-0.25, -0.2) is 28.4 Å². The molecule has 1 aromatic carbocycles. The van der Waals surface area contributed by atoms with Crippen LogP contribution in [-0.2, 0) is 9.84 Å². The second-order valence-corrected chi connectivity index (χ2v) is 6.34. The Balaban J connectivity index is 1.91. The summed E-state index contributed by atoms with van der Waals surface area (Å²) in [5.74, 6) is 0.533. The molecule has 2 aliphatic heterocycles. The summed E-state index contributed by atoms with van der Waals surface area (Å²) in [5.41, 5.74) is 0.449. The average Bonchev–Trinajstić information content (AvgIpc) is 3.14. The summed E-state index contributed by atoms with van der Waals surface area (Å²) in [6.07, 6.45) is 4.84. The number of hydrogen-bond acceptors (Lipinski definition) is 6. The standard InChI is InChI=1S/C14H8N4O2S/c19-21(20,9-4-2-1-3-5-9)14-17-11-8-16-13-10(6-7-15-13)12(11)18-14/h1-8H. The zero-order valence-electron chi connectivity index (χ0n) is 10.6. The predicted octanol–water partition coefficient (Wildman–Crippen LogP) is 0.673. The van der Waals surface area contributed by atoms with Gasteiger partial charge < -0.3 is 0 Å². The fraction of sp³-hybridized carbons (Fsp3) is 0. The summed E-state index contributed by atoms with van der Waals surface area (Å²) >= 11 is 0. The number of aliphatic imine (C=N–C) groups is 2. The number of hydrogen-bond donors (Lipinski definition) is 0. The molecule has 6 nitrogen and oxygen atoms in total. The van der Waals surface area contributed by atoms with E-state index in [9.17, 15) is 8.42 Å². The van der Waals surface area contributed by atoms with Gasteiger partial charge >= 0.3 is 0 Å². The van der Waals surface area contributed by atoms with Crippen molar-refractivity contribution in [3.63, 3.8) is 0 Å². The lowest BCUT2D eigenvalue weighted by molar-refractivity contribution is 0.607. The SMILES string of the molecule is O=S(=O)(C1=Nc2cnc3c(c2=N1)=CC=N3)c1ccccc1. The maximum Gasteiger partial charge on any atom is 0.253 e. The number of rotatable bonds is 1. The highest BCUT2D eigenvalue weighted by Gasteiger charge is 2.26. The van der Waals surface area contributed by atoms with Crippen LogP contribution in [0.25, 0.3) is 6.08 Å². The fourth-order valence-electron chi connectivity index (χ4n) is 2.18. The molecule has 0 radical (unpaired) electrons. The highest BCUT2D eigenvalue weighted by molar-refractivity contribution is 8.06. The molecule has 0 saturated heterocycles. The number of aromatic nitrogens is 1. The number of fused-ring (bicyclic) bond motifs is 3. The van der Waals surface area contributed by atoms with Gasteiger partial charge in [0, 0.05) is 11.4 Å². The highest BCUT2D eigenvalue weighted by atomic mass is 32.2. The molecule has 4 rings (SSSR count). The first-order valence-electron chi connectivity index (χ1n) is 6.17. The molecule has 2 aromatic rings. The summed E-state index contributed by atoms with van der Waals surface area (Å²) < 4.78 is 25.0. The monoisotopic (exact) mass is 296 g/mol. The minimum Gasteiger partial charge on any atom is -0.237 e. The molecule has 0 atom stereocenters. The van der Waals surface area contributed by atoms with Gasteiger partial charge in [0.25, 0.3) is 5.17 Å². The van der Waals surface area contributed by atoms with Crippen LogP contribution in [0.1, 0.15) is 0 Å². The molecule has 7 heteroatoms. The quantitative estimate of drug-likeness (QED) is 0.775. The van der Waals surface area contributed by atoms with Crippen molar-refractivity contribution in [1.29, 1.82) is 0 Å². The first-order valence-corrected chi connectivity index (χ1v) is 7.65. The summed E-state index contributed by atoms with van der Waals surface area (Å²) in [6, 6.07) is 8.12. The second kappa shape index (κ2) is 4.16. The molecule has 0 N–H and O–H groups in total. The van der Waals surface area contributed by atoms with Crippen molar-refractivity contribution in [2.24, 2.45) is 15.0 Å². The molecule has 1 aromatic heterocycles. The molecule has 21 heavy (non-hydrogen) atoms. The molecular formula is C14H8N4O2S. The molecule has 0 unspecified atom stereocenters. The Morgan fingerprint density at radius 1 is 1.00 bits per heavy atom. The lowest BCUT2D eigenvalue weighted by Crippen LogP contribution is -2.25. The van der Waals surface area contributed by atoms with Gasteiger partial charge in [-0.1, -0.05) is 18.2 Å². The van der Waals surface area contributed by atoms with Gasteiger partial charge in [-0.15, -0.1) is 0 Å². The minimum absolute atomic E-state index is 0.171. The van der Waals surface area contributed by atoms with E-state index in [0.717, 1.165) is 0 Å². The Hall–Kier alpha value is -2.67. The average molecular weight is 296 g/mol. The number of sulfone groups is 1. The van der Waals surface area contributed by atoms with Gasteiger partial charge in [0.15, 0.2) is 5.82 Å². The van der Waals surface area contributed by atoms with E-state index in [-0.39, 0.29) is 10.1 Å². The van der Waals surface area contributed by atoms with Gasteiger partial charge in [-0.05, 0) is 18.2 Å². The summed E-state index contributed by atoms with van der Waals surface area (Å²) in [4.78, 5) is 16.7. The maximum atomic E-state index is 12.5. The van der Waals surface area contributed by atoms with E-state index in [2.05, 4.69) is 20.0 Å². The second-order valence-electron chi connectivity index (χ2n) is 4.50. The van der Waals surface area contributed by atoms with Crippen LogP contribution in [0.3, 0.4) is 0 Å². The van der Waals surface area contributed by atoms with E-state index < -0.39 is 9.84 Å². The predicted molar refractivity (Wildman–Crippen MR) is 78.4 cm³/mol. The molecule has 0 saturated carbocycles. The summed E-state index contributed by atoms with van der Waals surface area (Å²) in [6.45, 7) is 0. The molecule has 3 heterocycles. The van der Waals surface area contributed by atoms with Crippen LogP contribution in [0, 0.1) is 0 Å². The fourth-order valence-corrected chi connectivity index (χ4v) is 3.34.